The molecule has 0 fully saturated rings. The van der Waals surface area contributed by atoms with E-state index >= 15 is 0 Å². The van der Waals surface area contributed by atoms with Crippen molar-refractivity contribution < 1.29 is 9.90 Å². The lowest BCUT2D eigenvalue weighted by molar-refractivity contribution is 0.0702. The first-order valence-electron chi connectivity index (χ1n) is 12.6. The molecule has 40 heavy (non-hydrogen) atoms. The molecule has 0 aliphatic heterocycles. The van der Waals surface area contributed by atoms with Crippen molar-refractivity contribution in [3.63, 3.8) is 0 Å². The summed E-state index contributed by atoms with van der Waals surface area (Å²) in [4.78, 5) is 22.4. The molecular formula is C32H20ClN3O2S2. The van der Waals surface area contributed by atoms with E-state index in [-0.39, 0.29) is 0 Å². The zero-order valence-corrected chi connectivity index (χ0v) is 23.3. The Balaban J connectivity index is 1.47. The summed E-state index contributed by atoms with van der Waals surface area (Å²) < 4.78 is 3.92. The number of carboxylic acids is 1. The van der Waals surface area contributed by atoms with Crippen molar-refractivity contribution in [1.82, 2.24) is 14.5 Å². The van der Waals surface area contributed by atoms with Crippen LogP contribution in [0, 0.1) is 0 Å². The highest BCUT2D eigenvalue weighted by Crippen LogP contribution is 2.45. The predicted octanol–water partition coefficient (Wildman–Crippen LogP) is 9.11. The maximum Gasteiger partial charge on any atom is 0.345 e. The number of fused-ring (bicyclic) bond motifs is 2. The molecule has 5 nitrogen and oxygen atoms in total. The molecule has 0 bridgehead atoms. The van der Waals surface area contributed by atoms with Crippen molar-refractivity contribution in [3.8, 4) is 33.0 Å². The molecule has 0 spiro atoms. The van der Waals surface area contributed by atoms with Crippen LogP contribution in [-0.4, -0.2) is 25.6 Å². The second-order valence-corrected chi connectivity index (χ2v) is 12.1. The van der Waals surface area contributed by atoms with E-state index in [2.05, 4.69) is 45.9 Å². The Morgan fingerprint density at radius 1 is 0.875 bits per heavy atom. The number of carbonyl (C=O) groups is 1. The van der Waals surface area contributed by atoms with Gasteiger partial charge in [0, 0.05) is 29.9 Å². The highest BCUT2D eigenvalue weighted by atomic mass is 35.5. The van der Waals surface area contributed by atoms with E-state index in [1.54, 1.807) is 18.5 Å². The molecule has 7 rings (SSSR count). The van der Waals surface area contributed by atoms with Crippen molar-refractivity contribution in [2.75, 3.05) is 0 Å². The molecule has 0 atom stereocenters. The monoisotopic (exact) mass is 577 g/mol. The van der Waals surface area contributed by atoms with Crippen LogP contribution < -0.4 is 0 Å². The van der Waals surface area contributed by atoms with Gasteiger partial charge < -0.3 is 9.67 Å². The standard InChI is InChI=1S/C32H20ClN3O2S2/c33-28-11-10-26(39-28)24-9-6-21-16-22(7-8-23(21)35-24)30-29(20-4-2-1-3-5-20)31-25(17-27(40-31)32(37)38)36(30)18-19-12-14-34-15-13-19/h1-17H,18H2,(H,37,38). The van der Waals surface area contributed by atoms with Gasteiger partial charge in [-0.15, -0.1) is 22.7 Å². The lowest BCUT2D eigenvalue weighted by atomic mass is 9.99. The summed E-state index contributed by atoms with van der Waals surface area (Å²) in [7, 11) is 0. The first-order chi connectivity index (χ1) is 19.5. The van der Waals surface area contributed by atoms with Crippen LogP contribution in [0.2, 0.25) is 4.34 Å². The average molecular weight is 578 g/mol. The number of hydrogen-bond donors (Lipinski definition) is 1. The third-order valence-corrected chi connectivity index (χ3v) is 9.27. The Morgan fingerprint density at radius 2 is 1.70 bits per heavy atom. The number of halogens is 1. The smallest absolute Gasteiger partial charge is 0.345 e. The number of carboxylic acid groups (broad SMARTS) is 1. The van der Waals surface area contributed by atoms with E-state index < -0.39 is 5.97 Å². The van der Waals surface area contributed by atoms with E-state index in [1.165, 1.54) is 22.7 Å². The molecule has 0 unspecified atom stereocenters. The van der Waals surface area contributed by atoms with Gasteiger partial charge in [0.2, 0.25) is 0 Å². The summed E-state index contributed by atoms with van der Waals surface area (Å²) in [5.74, 6) is -0.920. The van der Waals surface area contributed by atoms with Crippen LogP contribution in [-0.2, 0) is 6.54 Å². The third kappa shape index (κ3) is 4.38. The van der Waals surface area contributed by atoms with E-state index in [0.29, 0.717) is 11.4 Å². The van der Waals surface area contributed by atoms with Crippen molar-refractivity contribution in [1.29, 1.82) is 0 Å². The Hall–Kier alpha value is -4.30. The van der Waals surface area contributed by atoms with Crippen LogP contribution in [0.25, 0.3) is 54.1 Å². The maximum absolute atomic E-state index is 12.0. The minimum Gasteiger partial charge on any atom is -0.477 e. The van der Waals surface area contributed by atoms with Gasteiger partial charge in [-0.05, 0) is 65.2 Å². The summed E-state index contributed by atoms with van der Waals surface area (Å²) in [6, 6.07) is 30.3. The van der Waals surface area contributed by atoms with Crippen molar-refractivity contribution >= 4 is 61.4 Å². The lowest BCUT2D eigenvalue weighted by Crippen LogP contribution is -2.03. The van der Waals surface area contributed by atoms with Gasteiger partial charge in [0.1, 0.15) is 4.88 Å². The molecule has 7 aromatic rings. The molecule has 1 N–H and O–H groups in total. The van der Waals surface area contributed by atoms with E-state index in [9.17, 15) is 9.90 Å². The fourth-order valence-electron chi connectivity index (χ4n) is 5.10. The number of benzene rings is 2. The van der Waals surface area contributed by atoms with Gasteiger partial charge in [-0.2, -0.15) is 0 Å². The molecule has 0 radical (unpaired) electrons. The van der Waals surface area contributed by atoms with Crippen LogP contribution in [0.15, 0.2) is 103 Å². The molecule has 0 aliphatic rings. The number of pyridine rings is 2. The first-order valence-corrected chi connectivity index (χ1v) is 14.6. The summed E-state index contributed by atoms with van der Waals surface area (Å²) >= 11 is 8.99. The highest BCUT2D eigenvalue weighted by molar-refractivity contribution is 7.21. The van der Waals surface area contributed by atoms with Crippen LogP contribution in [0.3, 0.4) is 0 Å². The van der Waals surface area contributed by atoms with Gasteiger partial charge >= 0.3 is 5.97 Å². The largest absolute Gasteiger partial charge is 0.477 e. The molecular weight excluding hydrogens is 558 g/mol. The lowest BCUT2D eigenvalue weighted by Gasteiger charge is -2.14. The highest BCUT2D eigenvalue weighted by Gasteiger charge is 2.24. The topological polar surface area (TPSA) is 68.0 Å². The van der Waals surface area contributed by atoms with Gasteiger partial charge in [-0.1, -0.05) is 54.1 Å². The number of nitrogens with zero attached hydrogens (tertiary/aromatic N) is 3. The fourth-order valence-corrected chi connectivity index (χ4v) is 7.18. The van der Waals surface area contributed by atoms with Gasteiger partial charge in [-0.3, -0.25) is 4.98 Å². The summed E-state index contributed by atoms with van der Waals surface area (Å²) in [6.07, 6.45) is 3.56. The third-order valence-electron chi connectivity index (χ3n) is 6.89. The van der Waals surface area contributed by atoms with Crippen molar-refractivity contribution in [2.45, 2.75) is 6.54 Å². The number of thiophene rings is 2. The van der Waals surface area contributed by atoms with Crippen LogP contribution in [0.1, 0.15) is 15.2 Å². The van der Waals surface area contributed by atoms with Crippen molar-refractivity contribution in [2.24, 2.45) is 0 Å². The Bertz CT molecular complexity index is 2030. The van der Waals surface area contributed by atoms with Gasteiger partial charge in [0.25, 0.3) is 0 Å². The Labute approximate surface area is 242 Å². The second kappa shape index (κ2) is 10.0. The van der Waals surface area contributed by atoms with Gasteiger partial charge in [0.15, 0.2) is 0 Å². The molecule has 8 heteroatoms. The van der Waals surface area contributed by atoms with Crippen molar-refractivity contribution in [3.05, 3.63) is 118 Å². The molecule has 0 saturated heterocycles. The molecule has 5 heterocycles. The Kier molecular flexibility index (Phi) is 6.20. The molecule has 0 aliphatic carbocycles. The number of aromatic carboxylic acids is 1. The molecule has 2 aromatic carbocycles. The fraction of sp³-hybridized carbons (Fsp3) is 0.0312. The molecule has 0 amide bonds. The van der Waals surface area contributed by atoms with Crippen LogP contribution in [0.4, 0.5) is 0 Å². The average Bonchev–Trinajstić information content (AvgIpc) is 3.68. The predicted molar refractivity (Wildman–Crippen MR) is 165 cm³/mol. The first kappa shape index (κ1) is 24.7. The van der Waals surface area contributed by atoms with Gasteiger partial charge in [0.05, 0.1) is 36.3 Å². The van der Waals surface area contributed by atoms with Gasteiger partial charge in [-0.25, -0.2) is 9.78 Å². The zero-order valence-electron chi connectivity index (χ0n) is 20.9. The van der Waals surface area contributed by atoms with Crippen LogP contribution >= 0.6 is 34.3 Å². The molecule has 0 saturated carbocycles. The SMILES string of the molecule is O=C(O)c1cc2c(s1)c(-c1ccccc1)c(-c1ccc3nc(-c4ccc(Cl)s4)ccc3c1)n2Cc1ccncc1. The summed E-state index contributed by atoms with van der Waals surface area (Å²) in [5, 5.41) is 10.9. The Morgan fingerprint density at radius 3 is 2.45 bits per heavy atom. The summed E-state index contributed by atoms with van der Waals surface area (Å²) in [6.45, 7) is 0.575. The number of aromatic nitrogens is 3. The second-order valence-electron chi connectivity index (χ2n) is 9.37. The number of hydrogen-bond acceptors (Lipinski definition) is 5. The maximum atomic E-state index is 12.0. The van der Waals surface area contributed by atoms with Crippen LogP contribution in [0.5, 0.6) is 0 Å². The minimum atomic E-state index is -0.920. The number of rotatable bonds is 6. The molecule has 5 aromatic heterocycles. The molecule has 194 valence electrons. The minimum absolute atomic E-state index is 0.320. The normalized spacial score (nSPS) is 11.4. The summed E-state index contributed by atoms with van der Waals surface area (Å²) in [5.41, 5.74) is 7.91. The quantitative estimate of drug-likeness (QED) is 0.214. The van der Waals surface area contributed by atoms with E-state index in [1.807, 2.05) is 48.5 Å². The zero-order chi connectivity index (χ0) is 27.2. The van der Waals surface area contributed by atoms with E-state index in [0.717, 1.165) is 64.0 Å². The van der Waals surface area contributed by atoms with E-state index in [4.69, 9.17) is 16.6 Å².